The van der Waals surface area contributed by atoms with E-state index in [0.717, 1.165) is 12.6 Å². The Morgan fingerprint density at radius 2 is 1.90 bits per heavy atom. The molecule has 1 heterocycles. The summed E-state index contributed by atoms with van der Waals surface area (Å²) in [6.45, 7) is 13.8. The van der Waals surface area contributed by atoms with E-state index in [2.05, 4.69) is 37.5 Å². The van der Waals surface area contributed by atoms with Crippen molar-refractivity contribution in [3.05, 3.63) is 0 Å². The van der Waals surface area contributed by atoms with Crippen LogP contribution in [0.1, 0.15) is 59.8 Å². The summed E-state index contributed by atoms with van der Waals surface area (Å²) in [5.74, 6) is 0.717. The minimum Gasteiger partial charge on any atom is -0.329 e. The molecule has 0 aromatic carbocycles. The van der Waals surface area contributed by atoms with Crippen molar-refractivity contribution in [1.29, 1.82) is 0 Å². The summed E-state index contributed by atoms with van der Waals surface area (Å²) in [4.78, 5) is 5.50. The Labute approximate surface area is 125 Å². The van der Waals surface area contributed by atoms with Gasteiger partial charge in [-0.15, -0.1) is 0 Å². The van der Waals surface area contributed by atoms with Crippen molar-refractivity contribution < 1.29 is 0 Å². The first-order chi connectivity index (χ1) is 9.56. The van der Waals surface area contributed by atoms with Crippen LogP contribution >= 0.6 is 0 Å². The van der Waals surface area contributed by atoms with Gasteiger partial charge in [0.2, 0.25) is 0 Å². The summed E-state index contributed by atoms with van der Waals surface area (Å²) in [7, 11) is 0. The summed E-state index contributed by atoms with van der Waals surface area (Å²) >= 11 is 0. The Morgan fingerprint density at radius 1 is 1.25 bits per heavy atom. The molecule has 118 valence electrons. The molecule has 0 radical (unpaired) electrons. The second-order valence-electron chi connectivity index (χ2n) is 7.40. The molecule has 1 saturated heterocycles. The molecule has 2 N–H and O–H groups in total. The maximum absolute atomic E-state index is 6.31. The summed E-state index contributed by atoms with van der Waals surface area (Å²) in [5.41, 5.74) is 6.55. The van der Waals surface area contributed by atoms with E-state index in [0.29, 0.717) is 12.0 Å². The molecule has 2 fully saturated rings. The molecule has 0 aromatic heterocycles. The molecular weight excluding hydrogens is 246 g/mol. The second kappa shape index (κ2) is 6.76. The average Bonchev–Trinajstić information content (AvgIpc) is 3.19. The fourth-order valence-corrected chi connectivity index (χ4v) is 4.01. The van der Waals surface area contributed by atoms with Gasteiger partial charge >= 0.3 is 0 Å². The molecular formula is C17H35N3. The molecule has 3 heteroatoms. The number of hydrogen-bond acceptors (Lipinski definition) is 3. The molecule has 1 aliphatic heterocycles. The van der Waals surface area contributed by atoms with Crippen molar-refractivity contribution in [2.75, 3.05) is 26.2 Å². The van der Waals surface area contributed by atoms with Crippen LogP contribution in [0.5, 0.6) is 0 Å². The zero-order valence-electron chi connectivity index (χ0n) is 14.1. The van der Waals surface area contributed by atoms with Crippen molar-refractivity contribution in [2.45, 2.75) is 77.4 Å². The standard InChI is InChI=1S/C17H35N3/c1-5-15(6-2)20(11-14(3)4)17(12-18)9-10-19(13-17)16-7-8-16/h14-16H,5-13,18H2,1-4H3. The van der Waals surface area contributed by atoms with Gasteiger partial charge in [0.1, 0.15) is 0 Å². The quantitative estimate of drug-likeness (QED) is 0.742. The van der Waals surface area contributed by atoms with E-state index in [-0.39, 0.29) is 5.54 Å². The van der Waals surface area contributed by atoms with Crippen molar-refractivity contribution in [2.24, 2.45) is 11.7 Å². The predicted octanol–water partition coefficient (Wildman–Crippen LogP) is 2.70. The minimum atomic E-state index is 0.240. The van der Waals surface area contributed by atoms with Crippen LogP contribution in [0, 0.1) is 5.92 Å². The van der Waals surface area contributed by atoms with Crippen molar-refractivity contribution in [3.8, 4) is 0 Å². The van der Waals surface area contributed by atoms with Crippen LogP contribution in [0.15, 0.2) is 0 Å². The zero-order chi connectivity index (χ0) is 14.8. The fourth-order valence-electron chi connectivity index (χ4n) is 4.01. The van der Waals surface area contributed by atoms with Gasteiger partial charge in [0.15, 0.2) is 0 Å². The van der Waals surface area contributed by atoms with Crippen LogP contribution in [0.25, 0.3) is 0 Å². The molecule has 1 saturated carbocycles. The normalized spacial score (nSPS) is 28.2. The molecule has 1 unspecified atom stereocenters. The second-order valence-corrected chi connectivity index (χ2v) is 7.40. The number of nitrogens with two attached hydrogens (primary N) is 1. The lowest BCUT2D eigenvalue weighted by molar-refractivity contribution is 0.0365. The topological polar surface area (TPSA) is 32.5 Å². The van der Waals surface area contributed by atoms with E-state index in [4.69, 9.17) is 5.73 Å². The smallest absolute Gasteiger partial charge is 0.0473 e. The molecule has 2 aliphatic rings. The molecule has 1 aliphatic carbocycles. The molecule has 1 atom stereocenters. The Morgan fingerprint density at radius 3 is 2.35 bits per heavy atom. The Hall–Kier alpha value is -0.120. The first-order valence-corrected chi connectivity index (χ1v) is 8.77. The van der Waals surface area contributed by atoms with E-state index < -0.39 is 0 Å². The third kappa shape index (κ3) is 3.37. The lowest BCUT2D eigenvalue weighted by Crippen LogP contribution is -2.60. The van der Waals surface area contributed by atoms with Gasteiger partial charge in [0, 0.05) is 43.8 Å². The SMILES string of the molecule is CCC(CC)N(CC(C)C)C1(CN)CCN(C2CC2)C1. The van der Waals surface area contributed by atoms with Crippen LogP contribution in [0.4, 0.5) is 0 Å². The number of likely N-dealkylation sites (tertiary alicyclic amines) is 1. The van der Waals surface area contributed by atoms with Gasteiger partial charge in [-0.2, -0.15) is 0 Å². The monoisotopic (exact) mass is 281 g/mol. The largest absolute Gasteiger partial charge is 0.329 e. The first kappa shape index (κ1) is 16.3. The van der Waals surface area contributed by atoms with E-state index in [1.54, 1.807) is 0 Å². The molecule has 0 amide bonds. The van der Waals surface area contributed by atoms with Gasteiger partial charge in [-0.05, 0) is 38.0 Å². The Bertz CT molecular complexity index is 297. The van der Waals surface area contributed by atoms with Crippen molar-refractivity contribution in [3.63, 3.8) is 0 Å². The minimum absolute atomic E-state index is 0.240. The lowest BCUT2D eigenvalue weighted by atomic mass is 9.91. The molecule has 2 rings (SSSR count). The van der Waals surface area contributed by atoms with Gasteiger partial charge in [-0.3, -0.25) is 9.80 Å². The fraction of sp³-hybridized carbons (Fsp3) is 1.00. The summed E-state index contributed by atoms with van der Waals surface area (Å²) in [6.07, 6.45) is 6.58. The highest BCUT2D eigenvalue weighted by atomic mass is 15.3. The van der Waals surface area contributed by atoms with Crippen molar-refractivity contribution >= 4 is 0 Å². The highest BCUT2D eigenvalue weighted by Crippen LogP contribution is 2.37. The maximum atomic E-state index is 6.31. The predicted molar refractivity (Wildman–Crippen MR) is 86.9 cm³/mol. The Balaban J connectivity index is 2.14. The van der Waals surface area contributed by atoms with Crippen molar-refractivity contribution in [1.82, 2.24) is 9.80 Å². The number of rotatable bonds is 8. The van der Waals surface area contributed by atoms with Gasteiger partial charge in [0.05, 0.1) is 0 Å². The number of nitrogens with zero attached hydrogens (tertiary/aromatic N) is 2. The summed E-state index contributed by atoms with van der Waals surface area (Å²) in [5, 5.41) is 0. The Kier molecular flexibility index (Phi) is 5.49. The van der Waals surface area contributed by atoms with E-state index >= 15 is 0 Å². The van der Waals surface area contributed by atoms with Gasteiger partial charge in [-0.25, -0.2) is 0 Å². The van der Waals surface area contributed by atoms with E-state index in [1.165, 1.54) is 51.7 Å². The summed E-state index contributed by atoms with van der Waals surface area (Å²) < 4.78 is 0. The molecule has 0 spiro atoms. The van der Waals surface area contributed by atoms with Gasteiger partial charge < -0.3 is 5.73 Å². The first-order valence-electron chi connectivity index (χ1n) is 8.77. The lowest BCUT2D eigenvalue weighted by Gasteiger charge is -2.46. The molecule has 3 nitrogen and oxygen atoms in total. The third-order valence-corrected chi connectivity index (χ3v) is 5.36. The number of hydrogen-bond donors (Lipinski definition) is 1. The van der Waals surface area contributed by atoms with E-state index in [9.17, 15) is 0 Å². The van der Waals surface area contributed by atoms with Gasteiger partial charge in [0.25, 0.3) is 0 Å². The molecule has 0 bridgehead atoms. The van der Waals surface area contributed by atoms with Crippen LogP contribution in [0.2, 0.25) is 0 Å². The molecule has 20 heavy (non-hydrogen) atoms. The van der Waals surface area contributed by atoms with Gasteiger partial charge in [-0.1, -0.05) is 27.7 Å². The highest BCUT2D eigenvalue weighted by Gasteiger charge is 2.47. The van der Waals surface area contributed by atoms with Crippen LogP contribution in [-0.4, -0.2) is 53.6 Å². The van der Waals surface area contributed by atoms with Crippen LogP contribution < -0.4 is 5.73 Å². The van der Waals surface area contributed by atoms with Crippen LogP contribution in [0.3, 0.4) is 0 Å². The average molecular weight is 281 g/mol. The summed E-state index contributed by atoms with van der Waals surface area (Å²) in [6, 6.07) is 1.58. The maximum Gasteiger partial charge on any atom is 0.0473 e. The van der Waals surface area contributed by atoms with Crippen LogP contribution in [-0.2, 0) is 0 Å². The zero-order valence-corrected chi connectivity index (χ0v) is 14.1. The molecule has 0 aromatic rings. The highest BCUT2D eigenvalue weighted by molar-refractivity contribution is 5.05. The third-order valence-electron chi connectivity index (χ3n) is 5.36. The van der Waals surface area contributed by atoms with E-state index in [1.807, 2.05) is 0 Å².